The lowest BCUT2D eigenvalue weighted by molar-refractivity contribution is 0.661. The second-order valence-corrected chi connectivity index (χ2v) is 5.28. The molecule has 0 bridgehead atoms. The first-order valence-electron chi connectivity index (χ1n) is 7.15. The maximum Gasteiger partial charge on any atom is 0.158 e. The van der Waals surface area contributed by atoms with Crippen LogP contribution in [0.5, 0.6) is 0 Å². The van der Waals surface area contributed by atoms with E-state index in [0.717, 1.165) is 41.3 Å². The third kappa shape index (κ3) is 1.95. The summed E-state index contributed by atoms with van der Waals surface area (Å²) in [4.78, 5) is 8.90. The lowest BCUT2D eigenvalue weighted by atomic mass is 9.96. The Bertz CT molecular complexity index is 793. The number of pyridine rings is 1. The number of nitrogens with one attached hydrogen (secondary N) is 1. The highest BCUT2D eigenvalue weighted by atomic mass is 15.4. The number of aryl methyl sites for hydroxylation is 1. The van der Waals surface area contributed by atoms with Crippen molar-refractivity contribution >= 4 is 11.5 Å². The molecule has 1 aliphatic carbocycles. The Hall–Kier alpha value is -2.47. The van der Waals surface area contributed by atoms with Crippen LogP contribution in [0.2, 0.25) is 0 Å². The Morgan fingerprint density at radius 1 is 1.24 bits per heavy atom. The lowest BCUT2D eigenvalue weighted by Gasteiger charge is -2.18. The number of nitrogen functional groups attached to an aromatic ring is 1. The zero-order valence-electron chi connectivity index (χ0n) is 11.6. The van der Waals surface area contributed by atoms with Crippen molar-refractivity contribution in [2.45, 2.75) is 25.7 Å². The Morgan fingerprint density at radius 2 is 2.14 bits per heavy atom. The summed E-state index contributed by atoms with van der Waals surface area (Å²) in [6, 6.07) is 5.87. The maximum absolute atomic E-state index is 5.74. The third-order valence-corrected chi connectivity index (χ3v) is 3.97. The first-order chi connectivity index (χ1) is 10.4. The summed E-state index contributed by atoms with van der Waals surface area (Å²) in [5.74, 6) is 6.59. The molecule has 1 aliphatic rings. The summed E-state index contributed by atoms with van der Waals surface area (Å²) >= 11 is 0. The van der Waals surface area contributed by atoms with Crippen LogP contribution in [-0.4, -0.2) is 19.6 Å². The van der Waals surface area contributed by atoms with Crippen molar-refractivity contribution in [2.75, 3.05) is 5.43 Å². The van der Waals surface area contributed by atoms with Crippen molar-refractivity contribution in [2.24, 2.45) is 5.84 Å². The number of rotatable bonds is 2. The molecule has 0 unspecified atom stereocenters. The fourth-order valence-corrected chi connectivity index (χ4v) is 2.95. The zero-order valence-corrected chi connectivity index (χ0v) is 11.6. The monoisotopic (exact) mass is 280 g/mol. The molecule has 4 rings (SSSR count). The predicted octanol–water partition coefficient (Wildman–Crippen LogP) is 1.96. The highest BCUT2D eigenvalue weighted by molar-refractivity contribution is 5.66. The number of nitrogens with zero attached hydrogens (tertiary/aromatic N) is 4. The highest BCUT2D eigenvalue weighted by Gasteiger charge is 2.19. The van der Waals surface area contributed by atoms with Crippen molar-refractivity contribution in [3.05, 3.63) is 41.9 Å². The minimum absolute atomic E-state index is 0.822. The predicted molar refractivity (Wildman–Crippen MR) is 80.7 cm³/mol. The number of anilines is 1. The summed E-state index contributed by atoms with van der Waals surface area (Å²) in [6.07, 6.45) is 7.92. The van der Waals surface area contributed by atoms with Crippen LogP contribution in [0.25, 0.3) is 16.9 Å². The van der Waals surface area contributed by atoms with Gasteiger partial charge in [0.2, 0.25) is 0 Å². The van der Waals surface area contributed by atoms with Gasteiger partial charge >= 0.3 is 0 Å². The van der Waals surface area contributed by atoms with E-state index in [2.05, 4.69) is 15.5 Å². The van der Waals surface area contributed by atoms with Gasteiger partial charge in [0.1, 0.15) is 5.82 Å². The van der Waals surface area contributed by atoms with Crippen LogP contribution in [-0.2, 0) is 12.8 Å². The third-order valence-electron chi connectivity index (χ3n) is 3.97. The quantitative estimate of drug-likeness (QED) is 0.554. The van der Waals surface area contributed by atoms with Crippen LogP contribution >= 0.6 is 0 Å². The molecular weight excluding hydrogens is 264 g/mol. The molecule has 0 aliphatic heterocycles. The molecule has 6 heteroatoms. The minimum Gasteiger partial charge on any atom is -0.308 e. The van der Waals surface area contributed by atoms with Crippen LogP contribution in [0, 0.1) is 0 Å². The van der Waals surface area contributed by atoms with E-state index in [1.54, 1.807) is 16.9 Å². The van der Waals surface area contributed by atoms with E-state index in [-0.39, 0.29) is 0 Å². The van der Waals surface area contributed by atoms with Gasteiger partial charge in [-0.05, 0) is 37.8 Å². The van der Waals surface area contributed by atoms with Crippen molar-refractivity contribution in [1.82, 2.24) is 19.6 Å². The normalized spacial score (nSPS) is 14.1. The van der Waals surface area contributed by atoms with Crippen molar-refractivity contribution in [3.63, 3.8) is 0 Å². The molecule has 106 valence electrons. The summed E-state index contributed by atoms with van der Waals surface area (Å²) in [6.45, 7) is 0. The van der Waals surface area contributed by atoms with Gasteiger partial charge in [0.25, 0.3) is 0 Å². The van der Waals surface area contributed by atoms with Crippen LogP contribution < -0.4 is 11.3 Å². The Labute approximate surface area is 122 Å². The smallest absolute Gasteiger partial charge is 0.158 e. The van der Waals surface area contributed by atoms with Gasteiger partial charge in [-0.1, -0.05) is 0 Å². The van der Waals surface area contributed by atoms with Gasteiger partial charge in [-0.2, -0.15) is 9.61 Å². The molecule has 3 N–H and O–H groups in total. The van der Waals surface area contributed by atoms with Gasteiger partial charge in [0.05, 0.1) is 5.69 Å². The number of hydrogen-bond acceptors (Lipinski definition) is 5. The molecule has 0 amide bonds. The number of nitrogens with two attached hydrogens (primary N) is 1. The first kappa shape index (κ1) is 12.3. The van der Waals surface area contributed by atoms with Gasteiger partial charge in [0.15, 0.2) is 5.65 Å². The molecule has 0 saturated heterocycles. The largest absolute Gasteiger partial charge is 0.308 e. The molecule has 0 radical (unpaired) electrons. The first-order valence-corrected chi connectivity index (χ1v) is 7.15. The molecule has 6 nitrogen and oxygen atoms in total. The van der Waals surface area contributed by atoms with Crippen molar-refractivity contribution in [1.29, 1.82) is 0 Å². The van der Waals surface area contributed by atoms with E-state index in [1.165, 1.54) is 18.4 Å². The van der Waals surface area contributed by atoms with Crippen molar-refractivity contribution < 1.29 is 0 Å². The second-order valence-electron chi connectivity index (χ2n) is 5.28. The maximum atomic E-state index is 5.74. The summed E-state index contributed by atoms with van der Waals surface area (Å²) in [7, 11) is 0. The molecule has 0 atom stereocenters. The summed E-state index contributed by atoms with van der Waals surface area (Å²) in [5.41, 5.74) is 7.79. The van der Waals surface area contributed by atoms with Crippen LogP contribution in [0.15, 0.2) is 30.6 Å². The molecule has 0 saturated carbocycles. The van der Waals surface area contributed by atoms with Crippen molar-refractivity contribution in [3.8, 4) is 11.3 Å². The fourth-order valence-electron chi connectivity index (χ4n) is 2.95. The van der Waals surface area contributed by atoms with E-state index in [4.69, 9.17) is 10.8 Å². The van der Waals surface area contributed by atoms with Crippen LogP contribution in [0.1, 0.15) is 24.1 Å². The molecule has 0 fully saturated rings. The second kappa shape index (κ2) is 4.82. The lowest BCUT2D eigenvalue weighted by Crippen LogP contribution is -2.18. The average Bonchev–Trinajstić information content (AvgIpc) is 2.97. The van der Waals surface area contributed by atoms with Gasteiger partial charge in [-0.3, -0.25) is 4.98 Å². The Balaban J connectivity index is 1.95. The fraction of sp³-hybridized carbons (Fsp3) is 0.267. The summed E-state index contributed by atoms with van der Waals surface area (Å²) in [5, 5.41) is 4.63. The van der Waals surface area contributed by atoms with E-state index in [0.29, 0.717) is 0 Å². The zero-order chi connectivity index (χ0) is 14.2. The number of fused-ring (bicyclic) bond motifs is 2. The van der Waals surface area contributed by atoms with Gasteiger partial charge in [-0.25, -0.2) is 10.8 Å². The molecule has 3 heterocycles. The van der Waals surface area contributed by atoms with Crippen LogP contribution in [0.3, 0.4) is 0 Å². The number of aromatic nitrogens is 4. The molecule has 3 aromatic rings. The number of hydrogen-bond donors (Lipinski definition) is 2. The molecular formula is C15H16N6. The minimum atomic E-state index is 0.822. The van der Waals surface area contributed by atoms with Crippen LogP contribution in [0.4, 0.5) is 5.82 Å². The molecule has 21 heavy (non-hydrogen) atoms. The van der Waals surface area contributed by atoms with Gasteiger partial charge < -0.3 is 5.43 Å². The van der Waals surface area contributed by atoms with E-state index in [9.17, 15) is 0 Å². The Kier molecular flexibility index (Phi) is 2.82. The highest BCUT2D eigenvalue weighted by Crippen LogP contribution is 2.28. The average molecular weight is 280 g/mol. The molecule has 0 spiro atoms. The summed E-state index contributed by atoms with van der Waals surface area (Å²) < 4.78 is 1.80. The number of hydrazine groups is 1. The Morgan fingerprint density at radius 3 is 2.95 bits per heavy atom. The standard InChI is InChI=1S/C15H16N6/c16-19-15-11-5-1-2-6-12(11)18-14-8-13(20-21(14)15)10-4-3-7-17-9-10/h3-4,7-9,19H,1-2,5-6,16H2. The topological polar surface area (TPSA) is 81.1 Å². The SMILES string of the molecule is NNc1c2c(nc3cc(-c4cccnc4)nn13)CCCC2. The molecule has 0 aromatic carbocycles. The van der Waals surface area contributed by atoms with Gasteiger partial charge in [-0.15, -0.1) is 0 Å². The molecule has 3 aromatic heterocycles. The van der Waals surface area contributed by atoms with E-state index in [1.807, 2.05) is 18.2 Å². The van der Waals surface area contributed by atoms with E-state index < -0.39 is 0 Å². The van der Waals surface area contributed by atoms with E-state index >= 15 is 0 Å². The van der Waals surface area contributed by atoms with Gasteiger partial charge in [0, 0.05) is 35.3 Å².